The SMILES string of the molecule is CC.CC1(C)CCSC1. The molecule has 0 saturated carbocycles. The predicted octanol–water partition coefficient (Wildman–Crippen LogP) is 3.18. The predicted molar refractivity (Wildman–Crippen MR) is 47.1 cm³/mol. The van der Waals surface area contributed by atoms with E-state index in [0.29, 0.717) is 5.41 Å². The molecule has 1 heterocycles. The minimum absolute atomic E-state index is 0.657. The number of rotatable bonds is 0. The first-order chi connectivity index (χ1) is 4.21. The fourth-order valence-electron chi connectivity index (χ4n) is 0.769. The van der Waals surface area contributed by atoms with E-state index in [0.717, 1.165) is 0 Å². The third-order valence-electron chi connectivity index (χ3n) is 1.42. The third-order valence-corrected chi connectivity index (χ3v) is 2.89. The Kier molecular flexibility index (Phi) is 4.37. The van der Waals surface area contributed by atoms with E-state index < -0.39 is 0 Å². The van der Waals surface area contributed by atoms with Crippen molar-refractivity contribution in [1.29, 1.82) is 0 Å². The molecule has 1 fully saturated rings. The molecule has 56 valence electrons. The molecular weight excluding hydrogens is 128 g/mol. The summed E-state index contributed by atoms with van der Waals surface area (Å²) in [5.74, 6) is 2.75. The van der Waals surface area contributed by atoms with Gasteiger partial charge in [0.05, 0.1) is 0 Å². The van der Waals surface area contributed by atoms with Crippen molar-refractivity contribution in [2.45, 2.75) is 34.1 Å². The molecule has 1 aliphatic heterocycles. The van der Waals surface area contributed by atoms with Gasteiger partial charge in [-0.3, -0.25) is 0 Å². The van der Waals surface area contributed by atoms with E-state index in [4.69, 9.17) is 0 Å². The molecular formula is C8H18S. The van der Waals surface area contributed by atoms with Gasteiger partial charge in [0.15, 0.2) is 0 Å². The highest BCUT2D eigenvalue weighted by molar-refractivity contribution is 7.99. The standard InChI is InChI=1S/C6H12S.C2H6/c1-6(2)3-4-7-5-6;1-2/h3-5H2,1-2H3;1-2H3. The molecule has 0 amide bonds. The molecule has 0 atom stereocenters. The summed E-state index contributed by atoms with van der Waals surface area (Å²) in [6.45, 7) is 8.68. The third kappa shape index (κ3) is 3.85. The van der Waals surface area contributed by atoms with Crippen LogP contribution in [0.15, 0.2) is 0 Å². The molecule has 0 N–H and O–H groups in total. The molecule has 0 aliphatic carbocycles. The second-order valence-corrected chi connectivity index (χ2v) is 4.07. The molecule has 0 unspecified atom stereocenters. The van der Waals surface area contributed by atoms with Crippen molar-refractivity contribution < 1.29 is 0 Å². The second kappa shape index (κ2) is 4.21. The summed E-state index contributed by atoms with van der Waals surface area (Å²) in [4.78, 5) is 0. The molecule has 1 aliphatic rings. The van der Waals surface area contributed by atoms with Gasteiger partial charge in [-0.25, -0.2) is 0 Å². The summed E-state index contributed by atoms with van der Waals surface area (Å²) in [5, 5.41) is 0. The zero-order chi connectivity index (χ0) is 7.33. The molecule has 0 aromatic rings. The maximum atomic E-state index is 2.34. The van der Waals surface area contributed by atoms with Crippen molar-refractivity contribution in [3.63, 3.8) is 0 Å². The van der Waals surface area contributed by atoms with E-state index in [1.165, 1.54) is 17.9 Å². The highest BCUT2D eigenvalue weighted by atomic mass is 32.2. The summed E-state index contributed by atoms with van der Waals surface area (Å²) >= 11 is 2.08. The van der Waals surface area contributed by atoms with E-state index in [-0.39, 0.29) is 0 Å². The molecule has 0 spiro atoms. The van der Waals surface area contributed by atoms with Crippen molar-refractivity contribution in [3.8, 4) is 0 Å². The Hall–Kier alpha value is 0.350. The Morgan fingerprint density at radius 2 is 1.78 bits per heavy atom. The lowest BCUT2D eigenvalue weighted by atomic mass is 9.94. The van der Waals surface area contributed by atoms with Gasteiger partial charge in [0, 0.05) is 0 Å². The lowest BCUT2D eigenvalue weighted by Gasteiger charge is -2.12. The smallest absolute Gasteiger partial charge is 0.00158 e. The number of hydrogen-bond donors (Lipinski definition) is 0. The Labute approximate surface area is 63.4 Å². The quantitative estimate of drug-likeness (QED) is 0.506. The van der Waals surface area contributed by atoms with Gasteiger partial charge in [-0.1, -0.05) is 27.7 Å². The highest BCUT2D eigenvalue weighted by Gasteiger charge is 2.22. The largest absolute Gasteiger partial charge is 0.161 e. The molecule has 1 heteroatoms. The number of thioether (sulfide) groups is 1. The molecule has 0 bridgehead atoms. The number of hydrogen-bond acceptors (Lipinski definition) is 1. The van der Waals surface area contributed by atoms with Gasteiger partial charge < -0.3 is 0 Å². The second-order valence-electron chi connectivity index (χ2n) is 2.97. The van der Waals surface area contributed by atoms with Crippen molar-refractivity contribution in [2.24, 2.45) is 5.41 Å². The first-order valence-electron chi connectivity index (χ1n) is 3.78. The highest BCUT2D eigenvalue weighted by Crippen LogP contribution is 2.34. The monoisotopic (exact) mass is 146 g/mol. The minimum atomic E-state index is 0.657. The van der Waals surface area contributed by atoms with Gasteiger partial charge in [-0.2, -0.15) is 11.8 Å². The van der Waals surface area contributed by atoms with E-state index in [1.807, 2.05) is 13.8 Å². The first kappa shape index (κ1) is 9.35. The van der Waals surface area contributed by atoms with Gasteiger partial charge in [0.2, 0.25) is 0 Å². The molecule has 9 heavy (non-hydrogen) atoms. The maximum absolute atomic E-state index is 2.34. The maximum Gasteiger partial charge on any atom is -0.00158 e. The Morgan fingerprint density at radius 3 is 1.89 bits per heavy atom. The fourth-order valence-corrected chi connectivity index (χ4v) is 2.31. The summed E-state index contributed by atoms with van der Waals surface area (Å²) in [5.41, 5.74) is 0.657. The van der Waals surface area contributed by atoms with E-state index >= 15 is 0 Å². The van der Waals surface area contributed by atoms with Crippen molar-refractivity contribution in [3.05, 3.63) is 0 Å². The topological polar surface area (TPSA) is 0 Å². The summed E-state index contributed by atoms with van der Waals surface area (Å²) in [7, 11) is 0. The van der Waals surface area contributed by atoms with Crippen LogP contribution in [-0.4, -0.2) is 11.5 Å². The molecule has 0 aromatic carbocycles. The average Bonchev–Trinajstić information content (AvgIpc) is 2.19. The lowest BCUT2D eigenvalue weighted by Crippen LogP contribution is -2.07. The van der Waals surface area contributed by atoms with Crippen LogP contribution in [0.25, 0.3) is 0 Å². The lowest BCUT2D eigenvalue weighted by molar-refractivity contribution is 0.429. The minimum Gasteiger partial charge on any atom is -0.161 e. The Morgan fingerprint density at radius 1 is 1.22 bits per heavy atom. The van der Waals surface area contributed by atoms with Crippen LogP contribution in [0.3, 0.4) is 0 Å². The zero-order valence-electron chi connectivity index (χ0n) is 7.03. The van der Waals surface area contributed by atoms with Crippen LogP contribution >= 0.6 is 11.8 Å². The molecule has 1 rings (SSSR count). The first-order valence-corrected chi connectivity index (χ1v) is 4.94. The van der Waals surface area contributed by atoms with Crippen LogP contribution in [0.2, 0.25) is 0 Å². The van der Waals surface area contributed by atoms with E-state index in [1.54, 1.807) is 0 Å². The van der Waals surface area contributed by atoms with Crippen LogP contribution in [0, 0.1) is 5.41 Å². The van der Waals surface area contributed by atoms with Crippen LogP contribution in [0.4, 0.5) is 0 Å². The van der Waals surface area contributed by atoms with Gasteiger partial charge in [0.25, 0.3) is 0 Å². The Balaban J connectivity index is 0.000000291. The van der Waals surface area contributed by atoms with Crippen LogP contribution in [0.5, 0.6) is 0 Å². The van der Waals surface area contributed by atoms with Crippen LogP contribution in [-0.2, 0) is 0 Å². The van der Waals surface area contributed by atoms with E-state index in [9.17, 15) is 0 Å². The molecule has 0 nitrogen and oxygen atoms in total. The normalized spacial score (nSPS) is 22.7. The molecule has 0 radical (unpaired) electrons. The average molecular weight is 146 g/mol. The molecule has 1 saturated heterocycles. The van der Waals surface area contributed by atoms with Crippen LogP contribution < -0.4 is 0 Å². The zero-order valence-corrected chi connectivity index (χ0v) is 7.85. The van der Waals surface area contributed by atoms with E-state index in [2.05, 4.69) is 25.6 Å². The molecule has 0 aromatic heterocycles. The fraction of sp³-hybridized carbons (Fsp3) is 1.00. The van der Waals surface area contributed by atoms with Gasteiger partial charge in [0.1, 0.15) is 0 Å². The summed E-state index contributed by atoms with van der Waals surface area (Å²) in [6, 6.07) is 0. The van der Waals surface area contributed by atoms with Crippen LogP contribution in [0.1, 0.15) is 34.1 Å². The van der Waals surface area contributed by atoms with Gasteiger partial charge in [-0.15, -0.1) is 0 Å². The summed E-state index contributed by atoms with van der Waals surface area (Å²) in [6.07, 6.45) is 1.41. The van der Waals surface area contributed by atoms with Gasteiger partial charge in [-0.05, 0) is 23.3 Å². The summed E-state index contributed by atoms with van der Waals surface area (Å²) < 4.78 is 0. The van der Waals surface area contributed by atoms with Crippen molar-refractivity contribution in [1.82, 2.24) is 0 Å². The van der Waals surface area contributed by atoms with Crippen molar-refractivity contribution in [2.75, 3.05) is 11.5 Å². The van der Waals surface area contributed by atoms with Gasteiger partial charge >= 0.3 is 0 Å². The van der Waals surface area contributed by atoms with Crippen molar-refractivity contribution >= 4 is 11.8 Å². The Bertz CT molecular complexity index is 59.0.